The molecular weight excluding hydrogens is 132 g/mol. The molecular formula is C11H18. The average molecular weight is 150 g/mol. The molecule has 0 aromatic carbocycles. The minimum Gasteiger partial charge on any atom is -0.0817 e. The van der Waals surface area contributed by atoms with E-state index in [0.29, 0.717) is 0 Å². The number of allylic oxidation sites excluding steroid dienone is 4. The lowest BCUT2D eigenvalue weighted by Gasteiger charge is -2.04. The molecule has 1 unspecified atom stereocenters. The molecule has 0 radical (unpaired) electrons. The zero-order chi connectivity index (χ0) is 8.10. The fourth-order valence-electron chi connectivity index (χ4n) is 1.50. The van der Waals surface area contributed by atoms with Gasteiger partial charge in [-0.2, -0.15) is 0 Å². The van der Waals surface area contributed by atoms with E-state index in [2.05, 4.69) is 32.1 Å². The van der Waals surface area contributed by atoms with Gasteiger partial charge in [-0.1, -0.05) is 44.1 Å². The van der Waals surface area contributed by atoms with Crippen LogP contribution < -0.4 is 0 Å². The molecule has 0 N–H and O–H groups in total. The number of hydrogen-bond acceptors (Lipinski definition) is 0. The lowest BCUT2D eigenvalue weighted by Crippen LogP contribution is -1.88. The molecule has 0 bridgehead atoms. The fraction of sp³-hybridized carbons (Fsp3) is 0.636. The Morgan fingerprint density at radius 2 is 2.36 bits per heavy atom. The van der Waals surface area contributed by atoms with Crippen molar-refractivity contribution in [2.24, 2.45) is 5.92 Å². The molecule has 0 aromatic rings. The monoisotopic (exact) mass is 150 g/mol. The van der Waals surface area contributed by atoms with Gasteiger partial charge in [-0.25, -0.2) is 0 Å². The number of hydrogen-bond donors (Lipinski definition) is 0. The van der Waals surface area contributed by atoms with E-state index in [9.17, 15) is 0 Å². The molecule has 0 saturated carbocycles. The van der Waals surface area contributed by atoms with E-state index in [0.717, 1.165) is 5.92 Å². The maximum absolute atomic E-state index is 2.31. The van der Waals surface area contributed by atoms with Crippen molar-refractivity contribution in [3.05, 3.63) is 23.8 Å². The van der Waals surface area contributed by atoms with E-state index in [1.807, 2.05) is 0 Å². The summed E-state index contributed by atoms with van der Waals surface area (Å²) in [4.78, 5) is 0. The SMILES string of the molecule is CCCC1=CC=CC(C)CC1. The molecule has 0 fully saturated rings. The first kappa shape index (κ1) is 8.58. The molecule has 0 amide bonds. The normalized spacial score (nSPS) is 24.5. The van der Waals surface area contributed by atoms with Crippen LogP contribution in [0.4, 0.5) is 0 Å². The van der Waals surface area contributed by atoms with Gasteiger partial charge < -0.3 is 0 Å². The average Bonchev–Trinajstić information content (AvgIpc) is 2.17. The first-order valence-corrected chi connectivity index (χ1v) is 4.69. The van der Waals surface area contributed by atoms with E-state index in [4.69, 9.17) is 0 Å². The Kier molecular flexibility index (Phi) is 3.41. The van der Waals surface area contributed by atoms with Crippen LogP contribution in [0.5, 0.6) is 0 Å². The molecule has 1 aliphatic carbocycles. The highest BCUT2D eigenvalue weighted by molar-refractivity contribution is 5.15. The highest BCUT2D eigenvalue weighted by Crippen LogP contribution is 2.20. The van der Waals surface area contributed by atoms with Crippen molar-refractivity contribution in [3.63, 3.8) is 0 Å². The molecule has 1 rings (SSSR count). The topological polar surface area (TPSA) is 0 Å². The Balaban J connectivity index is 2.45. The Morgan fingerprint density at radius 1 is 1.55 bits per heavy atom. The molecule has 0 heteroatoms. The van der Waals surface area contributed by atoms with Crippen molar-refractivity contribution in [2.75, 3.05) is 0 Å². The van der Waals surface area contributed by atoms with Gasteiger partial charge >= 0.3 is 0 Å². The molecule has 0 aliphatic heterocycles. The largest absolute Gasteiger partial charge is 0.0817 e. The molecule has 0 spiro atoms. The standard InChI is InChI=1S/C11H18/c1-3-5-11-7-4-6-10(2)8-9-11/h4,6-7,10H,3,5,8-9H2,1-2H3. The van der Waals surface area contributed by atoms with Crippen LogP contribution in [0.15, 0.2) is 23.8 Å². The predicted molar refractivity (Wildman–Crippen MR) is 50.5 cm³/mol. The first-order chi connectivity index (χ1) is 5.33. The van der Waals surface area contributed by atoms with Gasteiger partial charge in [-0.3, -0.25) is 0 Å². The van der Waals surface area contributed by atoms with Crippen molar-refractivity contribution in [2.45, 2.75) is 39.5 Å². The van der Waals surface area contributed by atoms with Crippen LogP contribution in [-0.2, 0) is 0 Å². The Labute approximate surface area is 70.0 Å². The van der Waals surface area contributed by atoms with Crippen LogP contribution in [0.1, 0.15) is 39.5 Å². The Bertz CT molecular complexity index is 163. The van der Waals surface area contributed by atoms with Crippen LogP contribution >= 0.6 is 0 Å². The highest BCUT2D eigenvalue weighted by Gasteiger charge is 2.02. The summed E-state index contributed by atoms with van der Waals surface area (Å²) in [6, 6.07) is 0. The van der Waals surface area contributed by atoms with Crippen LogP contribution in [0, 0.1) is 5.92 Å². The van der Waals surface area contributed by atoms with Gasteiger partial charge in [0.25, 0.3) is 0 Å². The minimum atomic E-state index is 0.778. The van der Waals surface area contributed by atoms with Crippen LogP contribution in [-0.4, -0.2) is 0 Å². The van der Waals surface area contributed by atoms with E-state index in [-0.39, 0.29) is 0 Å². The van der Waals surface area contributed by atoms with E-state index in [1.165, 1.54) is 25.7 Å². The minimum absolute atomic E-state index is 0.778. The van der Waals surface area contributed by atoms with E-state index in [1.54, 1.807) is 5.57 Å². The lowest BCUT2D eigenvalue weighted by molar-refractivity contribution is 0.637. The summed E-state index contributed by atoms with van der Waals surface area (Å²) in [6.45, 7) is 4.54. The molecule has 0 aromatic heterocycles. The van der Waals surface area contributed by atoms with Gasteiger partial charge in [0, 0.05) is 0 Å². The van der Waals surface area contributed by atoms with Gasteiger partial charge in [-0.05, 0) is 25.2 Å². The highest BCUT2D eigenvalue weighted by atomic mass is 14.1. The maximum atomic E-state index is 2.31. The first-order valence-electron chi connectivity index (χ1n) is 4.69. The van der Waals surface area contributed by atoms with Crippen LogP contribution in [0.2, 0.25) is 0 Å². The zero-order valence-corrected chi connectivity index (χ0v) is 7.64. The third kappa shape index (κ3) is 2.92. The number of rotatable bonds is 2. The lowest BCUT2D eigenvalue weighted by atomic mass is 10.0. The summed E-state index contributed by atoms with van der Waals surface area (Å²) in [5.41, 5.74) is 1.63. The molecule has 62 valence electrons. The summed E-state index contributed by atoms with van der Waals surface area (Å²) in [7, 11) is 0. The third-order valence-corrected chi connectivity index (χ3v) is 2.26. The van der Waals surface area contributed by atoms with Gasteiger partial charge in [0.1, 0.15) is 0 Å². The molecule has 0 nitrogen and oxygen atoms in total. The van der Waals surface area contributed by atoms with Crippen molar-refractivity contribution < 1.29 is 0 Å². The second-order valence-electron chi connectivity index (χ2n) is 3.48. The zero-order valence-electron chi connectivity index (χ0n) is 7.64. The Morgan fingerprint density at radius 3 is 3.09 bits per heavy atom. The van der Waals surface area contributed by atoms with Crippen molar-refractivity contribution in [1.82, 2.24) is 0 Å². The van der Waals surface area contributed by atoms with Gasteiger partial charge in [0.15, 0.2) is 0 Å². The molecule has 0 saturated heterocycles. The van der Waals surface area contributed by atoms with E-state index < -0.39 is 0 Å². The molecule has 1 aliphatic rings. The second kappa shape index (κ2) is 4.38. The summed E-state index contributed by atoms with van der Waals surface area (Å²) < 4.78 is 0. The van der Waals surface area contributed by atoms with Crippen LogP contribution in [0.3, 0.4) is 0 Å². The predicted octanol–water partition coefficient (Wildman–Crippen LogP) is 3.70. The summed E-state index contributed by atoms with van der Waals surface area (Å²) in [5.74, 6) is 0.778. The summed E-state index contributed by atoms with van der Waals surface area (Å²) in [5, 5.41) is 0. The quantitative estimate of drug-likeness (QED) is 0.563. The third-order valence-electron chi connectivity index (χ3n) is 2.26. The maximum Gasteiger partial charge on any atom is -0.0256 e. The van der Waals surface area contributed by atoms with Crippen LogP contribution in [0.25, 0.3) is 0 Å². The molecule has 1 atom stereocenters. The smallest absolute Gasteiger partial charge is 0.0256 e. The van der Waals surface area contributed by atoms with Crippen molar-refractivity contribution in [1.29, 1.82) is 0 Å². The van der Waals surface area contributed by atoms with Crippen molar-refractivity contribution in [3.8, 4) is 0 Å². The summed E-state index contributed by atoms with van der Waals surface area (Å²) >= 11 is 0. The fourth-order valence-corrected chi connectivity index (χ4v) is 1.50. The Hall–Kier alpha value is -0.520. The summed E-state index contributed by atoms with van der Waals surface area (Å²) in [6.07, 6.45) is 12.0. The second-order valence-corrected chi connectivity index (χ2v) is 3.48. The van der Waals surface area contributed by atoms with Gasteiger partial charge in [-0.15, -0.1) is 0 Å². The van der Waals surface area contributed by atoms with E-state index >= 15 is 0 Å². The van der Waals surface area contributed by atoms with Gasteiger partial charge in [0.05, 0.1) is 0 Å². The molecule has 0 heterocycles. The van der Waals surface area contributed by atoms with Gasteiger partial charge in [0.2, 0.25) is 0 Å². The van der Waals surface area contributed by atoms with Crippen molar-refractivity contribution >= 4 is 0 Å². The molecule has 11 heavy (non-hydrogen) atoms.